The first-order valence-corrected chi connectivity index (χ1v) is 7.20. The standard InChI is InChI=1S/C13H11ClFN3S/c1-8-4-11-10(5-9(8)15)17-12(6-14)18(11)7-13-16-2-3-19-13/h2-5H,6-7H2,1H3. The van der Waals surface area contributed by atoms with Gasteiger partial charge in [0.1, 0.15) is 16.6 Å². The molecule has 0 radical (unpaired) electrons. The SMILES string of the molecule is Cc1cc2c(cc1F)nc(CCl)n2Cc1nccs1. The Morgan fingerprint density at radius 3 is 2.95 bits per heavy atom. The van der Waals surface area contributed by atoms with Gasteiger partial charge in [-0.05, 0) is 18.6 Å². The summed E-state index contributed by atoms with van der Waals surface area (Å²) in [6.45, 7) is 2.36. The van der Waals surface area contributed by atoms with Gasteiger partial charge in [0.15, 0.2) is 0 Å². The van der Waals surface area contributed by atoms with Crippen LogP contribution in [0.15, 0.2) is 23.7 Å². The third-order valence-corrected chi connectivity index (χ3v) is 4.01. The van der Waals surface area contributed by atoms with Gasteiger partial charge < -0.3 is 4.57 Å². The van der Waals surface area contributed by atoms with Crippen LogP contribution < -0.4 is 0 Å². The molecule has 19 heavy (non-hydrogen) atoms. The predicted octanol–water partition coefficient (Wildman–Crippen LogP) is 3.73. The van der Waals surface area contributed by atoms with Crippen molar-refractivity contribution in [2.45, 2.75) is 19.3 Å². The summed E-state index contributed by atoms with van der Waals surface area (Å²) in [5.74, 6) is 0.783. The summed E-state index contributed by atoms with van der Waals surface area (Å²) in [5, 5.41) is 2.91. The van der Waals surface area contributed by atoms with Crippen LogP contribution in [0.2, 0.25) is 0 Å². The molecule has 0 spiro atoms. The lowest BCUT2D eigenvalue weighted by molar-refractivity contribution is 0.620. The summed E-state index contributed by atoms with van der Waals surface area (Å²) >= 11 is 7.51. The number of imidazole rings is 1. The minimum absolute atomic E-state index is 0.243. The Kier molecular flexibility index (Phi) is 3.24. The van der Waals surface area contributed by atoms with Crippen molar-refractivity contribution in [3.05, 3.63) is 45.9 Å². The van der Waals surface area contributed by atoms with Crippen LogP contribution in [0.5, 0.6) is 0 Å². The monoisotopic (exact) mass is 295 g/mol. The van der Waals surface area contributed by atoms with E-state index in [1.165, 1.54) is 6.07 Å². The molecule has 0 saturated heterocycles. The molecule has 0 bridgehead atoms. The number of hydrogen-bond donors (Lipinski definition) is 0. The number of aromatic nitrogens is 3. The fraction of sp³-hybridized carbons (Fsp3) is 0.231. The van der Waals surface area contributed by atoms with Crippen molar-refractivity contribution in [3.63, 3.8) is 0 Å². The third-order valence-electron chi connectivity index (χ3n) is 3.00. The second kappa shape index (κ2) is 4.90. The van der Waals surface area contributed by atoms with Crippen LogP contribution in [-0.4, -0.2) is 14.5 Å². The first-order valence-electron chi connectivity index (χ1n) is 5.78. The lowest BCUT2D eigenvalue weighted by Crippen LogP contribution is -2.03. The van der Waals surface area contributed by atoms with Crippen molar-refractivity contribution in [2.24, 2.45) is 0 Å². The van der Waals surface area contributed by atoms with Gasteiger partial charge in [0.2, 0.25) is 0 Å². The molecule has 0 amide bonds. The average Bonchev–Trinajstić information content (AvgIpc) is 3.00. The Balaban J connectivity index is 2.17. The van der Waals surface area contributed by atoms with Crippen LogP contribution in [0.3, 0.4) is 0 Å². The number of aryl methyl sites for hydroxylation is 1. The van der Waals surface area contributed by atoms with Crippen molar-refractivity contribution >= 4 is 34.0 Å². The molecule has 2 heterocycles. The molecule has 0 fully saturated rings. The van der Waals surface area contributed by atoms with Crippen LogP contribution in [0, 0.1) is 12.7 Å². The molecule has 2 aromatic heterocycles. The van der Waals surface area contributed by atoms with Crippen molar-refractivity contribution in [2.75, 3.05) is 0 Å². The molecule has 0 aliphatic rings. The van der Waals surface area contributed by atoms with Gasteiger partial charge in [0, 0.05) is 17.6 Å². The van der Waals surface area contributed by atoms with Crippen LogP contribution in [-0.2, 0) is 12.4 Å². The Morgan fingerprint density at radius 1 is 1.42 bits per heavy atom. The zero-order valence-corrected chi connectivity index (χ0v) is 11.8. The topological polar surface area (TPSA) is 30.7 Å². The lowest BCUT2D eigenvalue weighted by Gasteiger charge is -2.06. The minimum Gasteiger partial charge on any atom is -0.320 e. The number of alkyl halides is 1. The van der Waals surface area contributed by atoms with E-state index in [-0.39, 0.29) is 5.82 Å². The highest BCUT2D eigenvalue weighted by Gasteiger charge is 2.13. The minimum atomic E-state index is -0.243. The van der Waals surface area contributed by atoms with Gasteiger partial charge in [-0.3, -0.25) is 0 Å². The molecule has 3 nitrogen and oxygen atoms in total. The highest BCUT2D eigenvalue weighted by molar-refractivity contribution is 7.09. The second-order valence-electron chi connectivity index (χ2n) is 4.26. The van der Waals surface area contributed by atoms with Crippen LogP contribution in [0.1, 0.15) is 16.4 Å². The van der Waals surface area contributed by atoms with Gasteiger partial charge in [-0.25, -0.2) is 14.4 Å². The number of halogens is 2. The Labute approximate surface area is 118 Å². The van der Waals surface area contributed by atoms with Gasteiger partial charge in [0.25, 0.3) is 0 Å². The summed E-state index contributed by atoms with van der Waals surface area (Å²) in [5.41, 5.74) is 2.13. The quantitative estimate of drug-likeness (QED) is 0.689. The number of nitrogens with zero attached hydrogens (tertiary/aromatic N) is 3. The molecule has 0 aliphatic heterocycles. The maximum absolute atomic E-state index is 13.6. The molecule has 0 saturated carbocycles. The van der Waals surface area contributed by atoms with Gasteiger partial charge in [-0.1, -0.05) is 0 Å². The number of fused-ring (bicyclic) bond motifs is 1. The molecular weight excluding hydrogens is 285 g/mol. The zero-order chi connectivity index (χ0) is 13.4. The number of thiazole rings is 1. The molecule has 0 atom stereocenters. The molecular formula is C13H11ClFN3S. The van der Waals surface area contributed by atoms with E-state index in [0.29, 0.717) is 23.5 Å². The van der Waals surface area contributed by atoms with Crippen LogP contribution >= 0.6 is 22.9 Å². The number of rotatable bonds is 3. The summed E-state index contributed by atoms with van der Waals surface area (Å²) in [6.07, 6.45) is 1.77. The molecule has 6 heteroatoms. The van der Waals surface area contributed by atoms with E-state index >= 15 is 0 Å². The van der Waals surface area contributed by atoms with Crippen molar-refractivity contribution < 1.29 is 4.39 Å². The van der Waals surface area contributed by atoms with Gasteiger partial charge >= 0.3 is 0 Å². The van der Waals surface area contributed by atoms with E-state index in [2.05, 4.69) is 9.97 Å². The van der Waals surface area contributed by atoms with Crippen LogP contribution in [0.4, 0.5) is 4.39 Å². The lowest BCUT2D eigenvalue weighted by atomic mass is 10.2. The molecule has 0 N–H and O–H groups in total. The first-order chi connectivity index (χ1) is 9.19. The Bertz CT molecular complexity index is 721. The molecule has 3 aromatic rings. The number of hydrogen-bond acceptors (Lipinski definition) is 3. The molecule has 98 valence electrons. The van der Waals surface area contributed by atoms with E-state index < -0.39 is 0 Å². The van der Waals surface area contributed by atoms with Crippen molar-refractivity contribution in [1.29, 1.82) is 0 Å². The fourth-order valence-corrected chi connectivity index (χ4v) is 2.85. The fourth-order valence-electron chi connectivity index (χ4n) is 2.04. The smallest absolute Gasteiger partial charge is 0.128 e. The maximum atomic E-state index is 13.6. The molecule has 1 aromatic carbocycles. The largest absolute Gasteiger partial charge is 0.320 e. The highest BCUT2D eigenvalue weighted by Crippen LogP contribution is 2.23. The van der Waals surface area contributed by atoms with Gasteiger partial charge in [-0.2, -0.15) is 0 Å². The van der Waals surface area contributed by atoms with Crippen molar-refractivity contribution in [3.8, 4) is 0 Å². The second-order valence-corrected chi connectivity index (χ2v) is 5.51. The van der Waals surface area contributed by atoms with E-state index in [9.17, 15) is 4.39 Å². The van der Waals surface area contributed by atoms with E-state index in [4.69, 9.17) is 11.6 Å². The third kappa shape index (κ3) is 2.24. The molecule has 0 aliphatic carbocycles. The predicted molar refractivity (Wildman–Crippen MR) is 75.2 cm³/mol. The Morgan fingerprint density at radius 2 is 2.26 bits per heavy atom. The van der Waals surface area contributed by atoms with E-state index in [0.717, 1.165) is 16.3 Å². The highest BCUT2D eigenvalue weighted by atomic mass is 35.5. The maximum Gasteiger partial charge on any atom is 0.128 e. The van der Waals surface area contributed by atoms with Gasteiger partial charge in [-0.15, -0.1) is 22.9 Å². The molecule has 0 unspecified atom stereocenters. The van der Waals surface area contributed by atoms with Crippen LogP contribution in [0.25, 0.3) is 11.0 Å². The average molecular weight is 296 g/mol. The van der Waals surface area contributed by atoms with Crippen molar-refractivity contribution in [1.82, 2.24) is 14.5 Å². The summed E-state index contributed by atoms with van der Waals surface area (Å²) < 4.78 is 15.6. The number of benzene rings is 1. The summed E-state index contributed by atoms with van der Waals surface area (Å²) in [4.78, 5) is 8.65. The molecule has 3 rings (SSSR count). The Hall–Kier alpha value is -1.46. The van der Waals surface area contributed by atoms with E-state index in [1.54, 1.807) is 30.5 Å². The normalized spacial score (nSPS) is 11.3. The van der Waals surface area contributed by atoms with Gasteiger partial charge in [0.05, 0.1) is 23.5 Å². The first kappa shape index (κ1) is 12.6. The summed E-state index contributed by atoms with van der Waals surface area (Å²) in [7, 11) is 0. The summed E-state index contributed by atoms with van der Waals surface area (Å²) in [6, 6.07) is 3.26. The zero-order valence-electron chi connectivity index (χ0n) is 10.2. The van der Waals surface area contributed by atoms with E-state index in [1.807, 2.05) is 9.95 Å².